The first-order valence-corrected chi connectivity index (χ1v) is 15.9. The summed E-state index contributed by atoms with van der Waals surface area (Å²) in [5, 5.41) is 14.3. The minimum atomic E-state index is -2.81. The van der Waals surface area contributed by atoms with Crippen molar-refractivity contribution in [3.8, 4) is 0 Å². The van der Waals surface area contributed by atoms with Gasteiger partial charge in [-0.3, -0.25) is 14.4 Å². The topological polar surface area (TPSA) is 200 Å². The highest BCUT2D eigenvalue weighted by molar-refractivity contribution is 7.09. The quantitative estimate of drug-likeness (QED) is 0.176. The zero-order valence-electron chi connectivity index (χ0n) is 25.6. The fraction of sp³-hybridized carbons (Fsp3) is 0.531. The summed E-state index contributed by atoms with van der Waals surface area (Å²) in [4.78, 5) is 54.9. The zero-order chi connectivity index (χ0) is 32.1. The molecule has 0 radical (unpaired) electrons. The first kappa shape index (κ1) is 33.6. The van der Waals surface area contributed by atoms with Gasteiger partial charge in [0.15, 0.2) is 11.6 Å². The van der Waals surface area contributed by atoms with E-state index < -0.39 is 58.2 Å². The van der Waals surface area contributed by atoms with E-state index in [1.165, 1.54) is 18.7 Å². The van der Waals surface area contributed by atoms with Gasteiger partial charge in [0.2, 0.25) is 5.60 Å². The molecule has 12 heteroatoms. The van der Waals surface area contributed by atoms with Crippen LogP contribution in [-0.4, -0.2) is 60.8 Å². The average molecular weight is 625 g/mol. The molecule has 3 unspecified atom stereocenters. The Bertz CT molecular complexity index is 1390. The van der Waals surface area contributed by atoms with Crippen molar-refractivity contribution in [2.75, 3.05) is 0 Å². The first-order valence-electron chi connectivity index (χ1n) is 15.0. The van der Waals surface area contributed by atoms with Gasteiger partial charge in [-0.25, -0.2) is 9.97 Å². The monoisotopic (exact) mass is 624 g/mol. The molecule has 0 saturated heterocycles. The van der Waals surface area contributed by atoms with Gasteiger partial charge in [-0.05, 0) is 51.5 Å². The summed E-state index contributed by atoms with van der Waals surface area (Å²) in [6.07, 6.45) is 8.00. The number of thiazole rings is 1. The van der Waals surface area contributed by atoms with E-state index in [4.69, 9.17) is 21.9 Å². The Kier molecular flexibility index (Phi) is 10.5. The third kappa shape index (κ3) is 7.00. The molecule has 0 aliphatic heterocycles. The maximum atomic E-state index is 14.9. The van der Waals surface area contributed by atoms with Gasteiger partial charge >= 0.3 is 5.97 Å². The van der Waals surface area contributed by atoms with Crippen LogP contribution in [-0.2, 0) is 37.6 Å². The lowest BCUT2D eigenvalue weighted by Crippen LogP contribution is -2.77. The third-order valence-corrected chi connectivity index (χ3v) is 9.23. The zero-order valence-corrected chi connectivity index (χ0v) is 26.4. The first-order chi connectivity index (χ1) is 20.8. The molecule has 2 heterocycles. The highest BCUT2D eigenvalue weighted by Gasteiger charge is 2.68. The summed E-state index contributed by atoms with van der Waals surface area (Å²) >= 11 is 0.950. The molecule has 238 valence electrons. The number of carbonyl (C=O) groups excluding carboxylic acids is 3. The molecule has 1 aliphatic rings. The number of aromatic nitrogens is 3. The molecule has 44 heavy (non-hydrogen) atoms. The molecule has 1 fully saturated rings. The number of aliphatic hydroxyl groups is 1. The second kappa shape index (κ2) is 13.8. The van der Waals surface area contributed by atoms with Crippen molar-refractivity contribution in [2.24, 2.45) is 29.0 Å². The minimum Gasteiger partial charge on any atom is -0.460 e. The van der Waals surface area contributed by atoms with Crippen molar-refractivity contribution in [3.63, 3.8) is 0 Å². The summed E-state index contributed by atoms with van der Waals surface area (Å²) in [6.45, 7) is 5.13. The molecule has 0 spiro atoms. The number of nitrogens with one attached hydrogen (secondary N) is 1. The van der Waals surface area contributed by atoms with Crippen LogP contribution in [0.3, 0.4) is 0 Å². The number of benzene rings is 1. The molecule has 5 atom stereocenters. The van der Waals surface area contributed by atoms with Gasteiger partial charge in [0.05, 0.1) is 24.3 Å². The number of ketones is 2. The van der Waals surface area contributed by atoms with Crippen LogP contribution in [0.1, 0.15) is 69.1 Å². The fourth-order valence-corrected chi connectivity index (χ4v) is 7.10. The van der Waals surface area contributed by atoms with Gasteiger partial charge in [0.1, 0.15) is 16.1 Å². The molecule has 0 amide bonds. The van der Waals surface area contributed by atoms with E-state index >= 15 is 0 Å². The van der Waals surface area contributed by atoms with Gasteiger partial charge in [0.25, 0.3) is 0 Å². The Hall–Kier alpha value is -3.29. The van der Waals surface area contributed by atoms with Crippen molar-refractivity contribution in [1.82, 2.24) is 15.0 Å². The van der Waals surface area contributed by atoms with Crippen molar-refractivity contribution in [2.45, 2.75) is 94.5 Å². The van der Waals surface area contributed by atoms with E-state index in [9.17, 15) is 19.5 Å². The number of carbonyl (C=O) groups is 3. The highest BCUT2D eigenvalue weighted by Crippen LogP contribution is 2.47. The molecule has 0 bridgehead atoms. The van der Waals surface area contributed by atoms with Crippen molar-refractivity contribution < 1.29 is 24.2 Å². The summed E-state index contributed by atoms with van der Waals surface area (Å²) in [5.41, 5.74) is 15.3. The number of nitrogens with two attached hydrogens (primary N) is 3. The normalized spacial score (nSPS) is 19.2. The Morgan fingerprint density at radius 3 is 2.27 bits per heavy atom. The third-order valence-electron chi connectivity index (χ3n) is 8.34. The maximum absolute atomic E-state index is 14.9. The number of hydrogen-bond donors (Lipinski definition) is 5. The Labute approximate surface area is 262 Å². The Morgan fingerprint density at radius 1 is 1.05 bits per heavy atom. The van der Waals surface area contributed by atoms with E-state index in [1.807, 2.05) is 30.3 Å². The van der Waals surface area contributed by atoms with Crippen LogP contribution in [0.15, 0.2) is 54.4 Å². The SMILES string of the molecule is CC(C)(C)OC(=O)C(C1CCCCC1)[C@@](N)(C(=O)C(N)Cc1ccccc1)[C@@](O)(C(=O)C(N)Cc1cnc[nH]1)c1nccs1. The lowest BCUT2D eigenvalue weighted by atomic mass is 9.59. The molecule has 2 aromatic heterocycles. The Morgan fingerprint density at radius 2 is 1.70 bits per heavy atom. The molecular formula is C32H44N6O5S. The molecule has 4 rings (SSSR count). The number of esters is 1. The van der Waals surface area contributed by atoms with Gasteiger partial charge in [-0.15, -0.1) is 11.3 Å². The van der Waals surface area contributed by atoms with E-state index in [0.29, 0.717) is 18.5 Å². The standard InChI is InChI=1S/C32H44N6O5S/c1-30(2,3)43-28(41)25(21-12-8-5-9-13-21)31(35,26(39)23(33)16-20-10-6-4-7-11-20)32(42,29-37-14-15-44-29)27(40)24(34)17-22-18-36-19-38-22/h4,6-7,10-11,14-15,18-19,21,23-25,42H,5,8-9,12-13,16-17,33-35H2,1-3H3,(H,36,38)/t23?,24?,25?,31-,32-/m1/s1. The van der Waals surface area contributed by atoms with E-state index in [2.05, 4.69) is 15.0 Å². The number of H-pyrrole nitrogens is 1. The highest BCUT2D eigenvalue weighted by atomic mass is 32.1. The van der Waals surface area contributed by atoms with Crippen LogP contribution < -0.4 is 17.2 Å². The molecule has 11 nitrogen and oxygen atoms in total. The smallest absolute Gasteiger partial charge is 0.312 e. The lowest BCUT2D eigenvalue weighted by Gasteiger charge is -2.49. The van der Waals surface area contributed by atoms with Crippen LogP contribution >= 0.6 is 11.3 Å². The van der Waals surface area contributed by atoms with E-state index in [-0.39, 0.29) is 17.8 Å². The Balaban J connectivity index is 1.93. The van der Waals surface area contributed by atoms with Crippen molar-refractivity contribution in [1.29, 1.82) is 0 Å². The maximum Gasteiger partial charge on any atom is 0.312 e. The van der Waals surface area contributed by atoms with Crippen molar-refractivity contribution >= 4 is 28.9 Å². The number of ether oxygens (including phenoxy) is 1. The average Bonchev–Trinajstić information content (AvgIpc) is 3.71. The van der Waals surface area contributed by atoms with Gasteiger partial charge in [0, 0.05) is 29.9 Å². The second-order valence-corrected chi connectivity index (χ2v) is 13.6. The summed E-state index contributed by atoms with van der Waals surface area (Å²) in [5.74, 6) is -4.47. The summed E-state index contributed by atoms with van der Waals surface area (Å²) in [6, 6.07) is 6.49. The van der Waals surface area contributed by atoms with Crippen LogP contribution in [0.4, 0.5) is 0 Å². The fourth-order valence-electron chi connectivity index (χ4n) is 6.29. The van der Waals surface area contributed by atoms with Crippen LogP contribution in [0.25, 0.3) is 0 Å². The number of nitrogens with zero attached hydrogens (tertiary/aromatic N) is 2. The van der Waals surface area contributed by atoms with E-state index in [1.54, 1.807) is 26.2 Å². The van der Waals surface area contributed by atoms with Gasteiger partial charge in [-0.1, -0.05) is 49.6 Å². The predicted molar refractivity (Wildman–Crippen MR) is 167 cm³/mol. The lowest BCUT2D eigenvalue weighted by molar-refractivity contribution is -0.182. The number of hydrogen-bond acceptors (Lipinski definition) is 11. The molecule has 8 N–H and O–H groups in total. The largest absolute Gasteiger partial charge is 0.460 e. The summed E-state index contributed by atoms with van der Waals surface area (Å²) < 4.78 is 5.89. The van der Waals surface area contributed by atoms with E-state index in [0.717, 1.165) is 36.2 Å². The molecule has 1 aromatic carbocycles. The molecule has 1 aliphatic carbocycles. The van der Waals surface area contributed by atoms with Crippen LogP contribution in [0.5, 0.6) is 0 Å². The summed E-state index contributed by atoms with van der Waals surface area (Å²) in [7, 11) is 0. The number of Topliss-reactive ketones (excluding diaryl/α,β-unsaturated/α-hetero) is 2. The number of rotatable bonds is 13. The van der Waals surface area contributed by atoms with Crippen LogP contribution in [0, 0.1) is 11.8 Å². The molecule has 3 aromatic rings. The number of aromatic amines is 1. The molecular weight excluding hydrogens is 580 g/mol. The van der Waals surface area contributed by atoms with Crippen molar-refractivity contribution in [3.05, 3.63) is 70.7 Å². The van der Waals surface area contributed by atoms with Gasteiger partial charge < -0.3 is 32.0 Å². The van der Waals surface area contributed by atoms with Crippen LogP contribution in [0.2, 0.25) is 0 Å². The minimum absolute atomic E-state index is 0.0343. The second-order valence-electron chi connectivity index (χ2n) is 12.7. The molecule has 1 saturated carbocycles. The number of imidazole rings is 1. The van der Waals surface area contributed by atoms with Gasteiger partial charge in [-0.2, -0.15) is 0 Å². The predicted octanol–water partition coefficient (Wildman–Crippen LogP) is 2.57.